The molecule has 1 aromatic rings. The fourth-order valence-corrected chi connectivity index (χ4v) is 4.81. The summed E-state index contributed by atoms with van der Waals surface area (Å²) in [6.07, 6.45) is 2.68. The van der Waals surface area contributed by atoms with Crippen LogP contribution in [0.3, 0.4) is 0 Å². The summed E-state index contributed by atoms with van der Waals surface area (Å²) >= 11 is 1.82. The Morgan fingerprint density at radius 1 is 1.22 bits per heavy atom. The van der Waals surface area contributed by atoms with Gasteiger partial charge >= 0.3 is 0 Å². The van der Waals surface area contributed by atoms with Crippen molar-refractivity contribution in [3.8, 4) is 0 Å². The molecule has 2 saturated heterocycles. The third-order valence-corrected chi connectivity index (χ3v) is 6.85. The highest BCUT2D eigenvalue weighted by Crippen LogP contribution is 2.23. The quantitative estimate of drug-likeness (QED) is 0.614. The Morgan fingerprint density at radius 2 is 1.93 bits per heavy atom. The van der Waals surface area contributed by atoms with Crippen molar-refractivity contribution in [1.29, 1.82) is 0 Å². The molecule has 152 valence electrons. The Labute approximate surface area is 168 Å². The smallest absolute Gasteiger partial charge is 0.193 e. The molecule has 2 aliphatic rings. The molecule has 1 aromatic heterocycles. The normalized spacial score (nSPS) is 21.0. The number of likely N-dealkylation sites (tertiary alicyclic amines) is 1. The van der Waals surface area contributed by atoms with E-state index in [9.17, 15) is 0 Å². The van der Waals surface area contributed by atoms with Gasteiger partial charge in [-0.1, -0.05) is 0 Å². The van der Waals surface area contributed by atoms with Crippen molar-refractivity contribution in [2.45, 2.75) is 38.3 Å². The van der Waals surface area contributed by atoms with Gasteiger partial charge in [0.1, 0.15) is 0 Å². The average Bonchev–Trinajstić information content (AvgIpc) is 3.24. The fourth-order valence-electron chi connectivity index (χ4n) is 4.02. The van der Waals surface area contributed by atoms with Gasteiger partial charge in [0, 0.05) is 65.5 Å². The largest absolute Gasteiger partial charge is 0.381 e. The molecular weight excluding hydrogens is 358 g/mol. The molecule has 0 unspecified atom stereocenters. The molecule has 0 aromatic carbocycles. The number of aliphatic imine (C=N–C) groups is 1. The van der Waals surface area contributed by atoms with Crippen LogP contribution in [0, 0.1) is 0 Å². The minimum absolute atomic E-state index is 0.105. The molecule has 0 amide bonds. The zero-order valence-electron chi connectivity index (χ0n) is 17.3. The molecule has 3 rings (SSSR count). The summed E-state index contributed by atoms with van der Waals surface area (Å²) in [4.78, 5) is 12.0. The predicted molar refractivity (Wildman–Crippen MR) is 115 cm³/mol. The van der Waals surface area contributed by atoms with Crippen LogP contribution >= 0.6 is 11.3 Å². The van der Waals surface area contributed by atoms with Crippen LogP contribution in [0.5, 0.6) is 0 Å². The molecule has 0 saturated carbocycles. The molecule has 27 heavy (non-hydrogen) atoms. The van der Waals surface area contributed by atoms with Crippen LogP contribution in [0.2, 0.25) is 0 Å². The van der Waals surface area contributed by atoms with E-state index in [4.69, 9.17) is 4.74 Å². The van der Waals surface area contributed by atoms with E-state index in [-0.39, 0.29) is 5.54 Å². The van der Waals surface area contributed by atoms with E-state index in [1.54, 1.807) is 0 Å². The van der Waals surface area contributed by atoms with Gasteiger partial charge in [-0.3, -0.25) is 9.89 Å². The van der Waals surface area contributed by atoms with Gasteiger partial charge in [0.2, 0.25) is 0 Å². The Bertz CT molecular complexity index is 588. The van der Waals surface area contributed by atoms with Gasteiger partial charge in [-0.15, -0.1) is 11.3 Å². The number of hydrogen-bond acceptors (Lipinski definition) is 5. The number of piperidine rings is 1. The maximum atomic E-state index is 5.51. The number of guanidine groups is 1. The lowest BCUT2D eigenvalue weighted by Crippen LogP contribution is -2.58. The van der Waals surface area contributed by atoms with Gasteiger partial charge in [-0.2, -0.15) is 0 Å². The van der Waals surface area contributed by atoms with Gasteiger partial charge < -0.3 is 19.9 Å². The van der Waals surface area contributed by atoms with Crippen molar-refractivity contribution < 1.29 is 4.74 Å². The molecule has 0 atom stereocenters. The highest BCUT2D eigenvalue weighted by atomic mass is 32.1. The average molecular weight is 394 g/mol. The van der Waals surface area contributed by atoms with Crippen molar-refractivity contribution in [2.24, 2.45) is 4.99 Å². The van der Waals surface area contributed by atoms with Gasteiger partial charge in [0.05, 0.1) is 11.1 Å². The maximum absolute atomic E-state index is 5.51. The van der Waals surface area contributed by atoms with E-state index in [1.165, 1.54) is 5.00 Å². The molecule has 2 fully saturated rings. The number of nitrogens with zero attached hydrogens (tertiary/aromatic N) is 4. The van der Waals surface area contributed by atoms with E-state index in [2.05, 4.69) is 56.4 Å². The Kier molecular flexibility index (Phi) is 7.00. The third-order valence-electron chi connectivity index (χ3n) is 5.92. The number of nitrogens with one attached hydrogen (secondary N) is 1. The highest BCUT2D eigenvalue weighted by Gasteiger charge is 2.31. The number of piperazine rings is 1. The summed E-state index contributed by atoms with van der Waals surface area (Å²) in [6.45, 7) is 11.9. The predicted octanol–water partition coefficient (Wildman–Crippen LogP) is 2.33. The number of ether oxygens (including phenoxy) is 1. The van der Waals surface area contributed by atoms with E-state index < -0.39 is 0 Å². The van der Waals surface area contributed by atoms with Crippen molar-refractivity contribution in [1.82, 2.24) is 15.1 Å². The van der Waals surface area contributed by atoms with E-state index in [0.29, 0.717) is 6.10 Å². The fraction of sp³-hybridized carbons (Fsp3) is 0.750. The van der Waals surface area contributed by atoms with Crippen molar-refractivity contribution in [2.75, 3.05) is 64.9 Å². The number of methoxy groups -OCH3 is 1. The summed E-state index contributed by atoms with van der Waals surface area (Å²) in [6, 6.07) is 4.34. The van der Waals surface area contributed by atoms with Crippen LogP contribution in [-0.4, -0.2) is 87.4 Å². The molecule has 3 heterocycles. The zero-order chi connectivity index (χ0) is 19.3. The van der Waals surface area contributed by atoms with E-state index in [0.717, 1.165) is 64.6 Å². The molecular formula is C20H35N5OS. The zero-order valence-corrected chi connectivity index (χ0v) is 18.1. The minimum atomic E-state index is 0.105. The SMILES string of the molecule is CN=C(NCC(C)(C)N1CCC(OC)CC1)N1CCN(c2cccs2)CC1. The number of thiophene rings is 1. The highest BCUT2D eigenvalue weighted by molar-refractivity contribution is 7.14. The second-order valence-corrected chi connectivity index (χ2v) is 8.99. The van der Waals surface area contributed by atoms with Crippen LogP contribution in [0.1, 0.15) is 26.7 Å². The Balaban J connectivity index is 1.47. The van der Waals surface area contributed by atoms with Crippen LogP contribution in [-0.2, 0) is 4.74 Å². The van der Waals surface area contributed by atoms with Crippen LogP contribution in [0.15, 0.2) is 22.5 Å². The van der Waals surface area contributed by atoms with Gasteiger partial charge in [0.15, 0.2) is 5.96 Å². The topological polar surface area (TPSA) is 43.3 Å². The van der Waals surface area contributed by atoms with Crippen molar-refractivity contribution in [3.63, 3.8) is 0 Å². The molecule has 0 aliphatic carbocycles. The molecule has 2 aliphatic heterocycles. The van der Waals surface area contributed by atoms with Gasteiger partial charge in [0.25, 0.3) is 0 Å². The first-order valence-corrected chi connectivity index (χ1v) is 10.9. The molecule has 0 radical (unpaired) electrons. The first-order chi connectivity index (χ1) is 13.0. The standard InChI is InChI=1S/C20H35N5OS/c1-20(2,25-9-7-17(26-4)8-10-25)16-22-19(21-3)24-13-11-23(12-14-24)18-6-5-15-27-18/h5-6,15,17H,7-14,16H2,1-4H3,(H,21,22). The molecule has 1 N–H and O–H groups in total. The molecule has 7 heteroatoms. The molecule has 0 spiro atoms. The lowest BCUT2D eigenvalue weighted by atomic mass is 9.97. The van der Waals surface area contributed by atoms with Gasteiger partial charge in [-0.25, -0.2) is 0 Å². The van der Waals surface area contributed by atoms with Crippen molar-refractivity contribution in [3.05, 3.63) is 17.5 Å². The lowest BCUT2D eigenvalue weighted by molar-refractivity contribution is 0.00765. The number of anilines is 1. The number of rotatable bonds is 5. The van der Waals surface area contributed by atoms with E-state index in [1.807, 2.05) is 25.5 Å². The van der Waals surface area contributed by atoms with Crippen LogP contribution in [0.4, 0.5) is 5.00 Å². The Morgan fingerprint density at radius 3 is 2.48 bits per heavy atom. The van der Waals surface area contributed by atoms with Gasteiger partial charge in [-0.05, 0) is 44.2 Å². The summed E-state index contributed by atoms with van der Waals surface area (Å²) in [5.41, 5.74) is 0.105. The first kappa shape index (κ1) is 20.4. The summed E-state index contributed by atoms with van der Waals surface area (Å²) in [7, 11) is 3.72. The minimum Gasteiger partial charge on any atom is -0.381 e. The molecule has 6 nitrogen and oxygen atoms in total. The number of hydrogen-bond donors (Lipinski definition) is 1. The monoisotopic (exact) mass is 393 g/mol. The summed E-state index contributed by atoms with van der Waals surface area (Å²) in [5, 5.41) is 7.16. The van der Waals surface area contributed by atoms with Crippen LogP contribution < -0.4 is 10.2 Å². The molecule has 0 bridgehead atoms. The first-order valence-electron chi connectivity index (χ1n) is 10.1. The van der Waals surface area contributed by atoms with Crippen molar-refractivity contribution >= 4 is 22.3 Å². The third kappa shape index (κ3) is 5.15. The van der Waals surface area contributed by atoms with Crippen LogP contribution in [0.25, 0.3) is 0 Å². The Hall–Kier alpha value is -1.31. The lowest BCUT2D eigenvalue weighted by Gasteiger charge is -2.44. The summed E-state index contributed by atoms with van der Waals surface area (Å²) < 4.78 is 5.51. The second-order valence-electron chi connectivity index (χ2n) is 8.06. The second kappa shape index (κ2) is 9.26. The summed E-state index contributed by atoms with van der Waals surface area (Å²) in [5.74, 6) is 1.03. The van der Waals surface area contributed by atoms with E-state index >= 15 is 0 Å². The maximum Gasteiger partial charge on any atom is 0.193 e.